The SMILES string of the molecule is COc1ccc(CNc2nnc(N3CCCC(CO)C3)c3ccc(C#N)cc23)cc1Cl.Cl. The van der Waals surface area contributed by atoms with Crippen LogP contribution in [0.2, 0.25) is 5.02 Å². The van der Waals surface area contributed by atoms with E-state index in [1.165, 1.54) is 0 Å². The molecule has 0 amide bonds. The van der Waals surface area contributed by atoms with Crippen molar-refractivity contribution in [3.63, 3.8) is 0 Å². The Morgan fingerprint density at radius 2 is 2.09 bits per heavy atom. The fraction of sp³-hybridized carbons (Fsp3) is 0.348. The molecule has 1 fully saturated rings. The van der Waals surface area contributed by atoms with Gasteiger partial charge in [0, 0.05) is 37.0 Å². The molecule has 0 bridgehead atoms. The Bertz CT molecular complexity index is 1140. The van der Waals surface area contributed by atoms with Crippen LogP contribution < -0.4 is 15.0 Å². The summed E-state index contributed by atoms with van der Waals surface area (Å²) in [6.45, 7) is 2.29. The molecule has 1 aliphatic rings. The number of nitrogens with zero attached hydrogens (tertiary/aromatic N) is 4. The lowest BCUT2D eigenvalue weighted by Crippen LogP contribution is -2.37. The van der Waals surface area contributed by atoms with Crippen molar-refractivity contribution < 1.29 is 9.84 Å². The van der Waals surface area contributed by atoms with Gasteiger partial charge in [0.25, 0.3) is 0 Å². The normalized spacial score (nSPS) is 15.7. The number of rotatable bonds is 6. The molecule has 0 saturated carbocycles. The summed E-state index contributed by atoms with van der Waals surface area (Å²) in [5, 5.41) is 33.6. The number of aliphatic hydroxyl groups excluding tert-OH is 1. The molecule has 0 aliphatic carbocycles. The summed E-state index contributed by atoms with van der Waals surface area (Å²) in [5.41, 5.74) is 1.54. The van der Waals surface area contributed by atoms with Gasteiger partial charge in [0.2, 0.25) is 0 Å². The van der Waals surface area contributed by atoms with E-state index in [4.69, 9.17) is 16.3 Å². The summed E-state index contributed by atoms with van der Waals surface area (Å²) < 4.78 is 5.21. The van der Waals surface area contributed by atoms with Crippen molar-refractivity contribution in [1.29, 1.82) is 5.26 Å². The van der Waals surface area contributed by atoms with E-state index in [1.807, 2.05) is 30.3 Å². The molecule has 2 N–H and O–H groups in total. The highest BCUT2D eigenvalue weighted by atomic mass is 35.5. The van der Waals surface area contributed by atoms with Crippen LogP contribution in [0.4, 0.5) is 11.6 Å². The molecule has 0 radical (unpaired) electrons. The predicted octanol–water partition coefficient (Wildman–Crippen LogP) is 4.41. The van der Waals surface area contributed by atoms with Crippen molar-refractivity contribution in [1.82, 2.24) is 10.2 Å². The largest absolute Gasteiger partial charge is 0.495 e. The number of nitrogens with one attached hydrogen (secondary N) is 1. The molecular formula is C23H25Cl2N5O2. The third-order valence-corrected chi connectivity index (χ3v) is 5.94. The van der Waals surface area contributed by atoms with Gasteiger partial charge in [-0.15, -0.1) is 22.6 Å². The van der Waals surface area contributed by atoms with E-state index in [1.54, 1.807) is 13.2 Å². The molecule has 2 heterocycles. The number of anilines is 2. The van der Waals surface area contributed by atoms with Gasteiger partial charge in [0.1, 0.15) is 5.75 Å². The van der Waals surface area contributed by atoms with Gasteiger partial charge in [-0.25, -0.2) is 0 Å². The second-order valence-electron chi connectivity index (χ2n) is 7.70. The van der Waals surface area contributed by atoms with Gasteiger partial charge in [-0.05, 0) is 54.7 Å². The third-order valence-electron chi connectivity index (χ3n) is 5.64. The third kappa shape index (κ3) is 4.99. The first kappa shape index (κ1) is 23.9. The summed E-state index contributed by atoms with van der Waals surface area (Å²) in [7, 11) is 1.58. The number of hydrogen-bond acceptors (Lipinski definition) is 7. The van der Waals surface area contributed by atoms with Crippen LogP contribution in [0.5, 0.6) is 5.75 Å². The van der Waals surface area contributed by atoms with Crippen LogP contribution in [0.15, 0.2) is 36.4 Å². The maximum absolute atomic E-state index is 9.59. The van der Waals surface area contributed by atoms with Crippen molar-refractivity contribution in [2.45, 2.75) is 19.4 Å². The number of piperidine rings is 1. The molecule has 4 rings (SSSR count). The van der Waals surface area contributed by atoms with Crippen LogP contribution in [-0.2, 0) is 6.54 Å². The van der Waals surface area contributed by atoms with Crippen molar-refractivity contribution in [3.8, 4) is 11.8 Å². The standard InChI is InChI=1S/C23H24ClN5O2.ClH/c1-31-21-7-5-16(10-20(21)24)12-26-22-19-9-15(11-25)4-6-18(19)23(28-27-22)29-8-2-3-17(13-29)14-30;/h4-7,9-10,17,30H,2-3,8,12-14H2,1H3,(H,26,27);1H. The Kier molecular flexibility index (Phi) is 7.97. The summed E-state index contributed by atoms with van der Waals surface area (Å²) in [5.74, 6) is 2.26. The average Bonchev–Trinajstić information content (AvgIpc) is 2.82. The van der Waals surface area contributed by atoms with Crippen LogP contribution in [-0.4, -0.2) is 42.1 Å². The Labute approximate surface area is 198 Å². The van der Waals surface area contributed by atoms with Crippen LogP contribution in [0.25, 0.3) is 10.8 Å². The first-order valence-electron chi connectivity index (χ1n) is 10.3. The van der Waals surface area contributed by atoms with E-state index in [9.17, 15) is 10.4 Å². The Morgan fingerprint density at radius 1 is 1.25 bits per heavy atom. The zero-order chi connectivity index (χ0) is 21.8. The molecule has 168 valence electrons. The second-order valence-corrected chi connectivity index (χ2v) is 8.11. The van der Waals surface area contributed by atoms with E-state index in [0.29, 0.717) is 28.7 Å². The molecular weight excluding hydrogens is 449 g/mol. The van der Waals surface area contributed by atoms with Crippen molar-refractivity contribution in [2.24, 2.45) is 5.92 Å². The fourth-order valence-corrected chi connectivity index (χ4v) is 4.27. The second kappa shape index (κ2) is 10.7. The molecule has 1 unspecified atom stereocenters. The van der Waals surface area contributed by atoms with Gasteiger partial charge in [-0.2, -0.15) is 5.26 Å². The summed E-state index contributed by atoms with van der Waals surface area (Å²) in [4.78, 5) is 2.18. The highest BCUT2D eigenvalue weighted by Crippen LogP contribution is 2.32. The molecule has 9 heteroatoms. The molecule has 1 atom stereocenters. The number of aliphatic hydroxyl groups is 1. The van der Waals surface area contributed by atoms with Gasteiger partial charge in [0.15, 0.2) is 11.6 Å². The average molecular weight is 474 g/mol. The van der Waals surface area contributed by atoms with Crippen LogP contribution in [0.3, 0.4) is 0 Å². The van der Waals surface area contributed by atoms with Crippen LogP contribution >= 0.6 is 24.0 Å². The lowest BCUT2D eigenvalue weighted by Gasteiger charge is -2.33. The maximum atomic E-state index is 9.59. The van der Waals surface area contributed by atoms with E-state index < -0.39 is 0 Å². The Hall–Kier alpha value is -2.79. The minimum atomic E-state index is 0. The van der Waals surface area contributed by atoms with Gasteiger partial charge >= 0.3 is 0 Å². The van der Waals surface area contributed by atoms with Crippen molar-refractivity contribution in [3.05, 3.63) is 52.5 Å². The zero-order valence-electron chi connectivity index (χ0n) is 17.7. The number of ether oxygens (including phenoxy) is 1. The number of aromatic nitrogens is 2. The minimum Gasteiger partial charge on any atom is -0.495 e. The minimum absolute atomic E-state index is 0. The molecule has 2 aromatic carbocycles. The smallest absolute Gasteiger partial charge is 0.159 e. The summed E-state index contributed by atoms with van der Waals surface area (Å²) >= 11 is 6.24. The number of nitriles is 1. The van der Waals surface area contributed by atoms with E-state index >= 15 is 0 Å². The molecule has 7 nitrogen and oxygen atoms in total. The molecule has 0 spiro atoms. The van der Waals surface area contributed by atoms with Crippen LogP contribution in [0, 0.1) is 17.2 Å². The zero-order valence-corrected chi connectivity index (χ0v) is 19.3. The quantitative estimate of drug-likeness (QED) is 0.547. The number of methoxy groups -OCH3 is 1. The van der Waals surface area contributed by atoms with Crippen molar-refractivity contribution >= 4 is 46.4 Å². The maximum Gasteiger partial charge on any atom is 0.159 e. The van der Waals surface area contributed by atoms with Gasteiger partial charge < -0.3 is 20.1 Å². The highest BCUT2D eigenvalue weighted by molar-refractivity contribution is 6.32. The first-order chi connectivity index (χ1) is 15.1. The van der Waals surface area contributed by atoms with Crippen molar-refractivity contribution in [2.75, 3.05) is 37.0 Å². The first-order valence-corrected chi connectivity index (χ1v) is 10.6. The van der Waals surface area contributed by atoms with Gasteiger partial charge in [-0.1, -0.05) is 17.7 Å². The molecule has 1 saturated heterocycles. The molecule has 1 aromatic heterocycles. The Balaban J connectivity index is 0.00000289. The van der Waals surface area contributed by atoms with Crippen LogP contribution in [0.1, 0.15) is 24.0 Å². The molecule has 3 aromatic rings. The predicted molar refractivity (Wildman–Crippen MR) is 129 cm³/mol. The molecule has 1 aliphatic heterocycles. The highest BCUT2D eigenvalue weighted by Gasteiger charge is 2.23. The van der Waals surface area contributed by atoms with Gasteiger partial charge in [-0.3, -0.25) is 0 Å². The monoisotopic (exact) mass is 473 g/mol. The van der Waals surface area contributed by atoms with Gasteiger partial charge in [0.05, 0.1) is 23.8 Å². The summed E-state index contributed by atoms with van der Waals surface area (Å²) in [6, 6.07) is 13.4. The Morgan fingerprint density at radius 3 is 2.81 bits per heavy atom. The lowest BCUT2D eigenvalue weighted by molar-refractivity contribution is 0.208. The summed E-state index contributed by atoms with van der Waals surface area (Å²) in [6.07, 6.45) is 2.02. The van der Waals surface area contributed by atoms with E-state index in [-0.39, 0.29) is 24.9 Å². The molecule has 32 heavy (non-hydrogen) atoms. The van der Waals surface area contributed by atoms with E-state index in [2.05, 4.69) is 26.5 Å². The number of hydrogen-bond donors (Lipinski definition) is 2. The van der Waals surface area contributed by atoms with E-state index in [0.717, 1.165) is 48.1 Å². The lowest BCUT2D eigenvalue weighted by atomic mass is 9.98. The fourth-order valence-electron chi connectivity index (χ4n) is 3.99. The topological polar surface area (TPSA) is 94.3 Å². The number of benzene rings is 2. The number of fused-ring (bicyclic) bond motifs is 1. The number of halogens is 2.